The highest BCUT2D eigenvalue weighted by atomic mass is 16.5. The van der Waals surface area contributed by atoms with E-state index in [0.717, 1.165) is 16.3 Å². The van der Waals surface area contributed by atoms with E-state index in [0.29, 0.717) is 34.2 Å². The summed E-state index contributed by atoms with van der Waals surface area (Å²) in [6.07, 6.45) is 1.47. The lowest BCUT2D eigenvalue weighted by molar-refractivity contribution is 0.0950. The minimum Gasteiger partial charge on any atom is -0.496 e. The van der Waals surface area contributed by atoms with Crippen molar-refractivity contribution in [1.82, 2.24) is 15.6 Å². The average Bonchev–Trinajstić information content (AvgIpc) is 3.33. The van der Waals surface area contributed by atoms with Gasteiger partial charge in [-0.1, -0.05) is 42.5 Å². The van der Waals surface area contributed by atoms with Gasteiger partial charge in [0.2, 0.25) is 0 Å². The molecule has 0 aliphatic heterocycles. The summed E-state index contributed by atoms with van der Waals surface area (Å²) in [7, 11) is 4.62. The number of ether oxygens (including phenoxy) is 3. The van der Waals surface area contributed by atoms with Crippen LogP contribution in [0.4, 0.5) is 0 Å². The second-order valence-electron chi connectivity index (χ2n) is 6.84. The number of rotatable bonds is 7. The third-order valence-corrected chi connectivity index (χ3v) is 4.99. The van der Waals surface area contributed by atoms with Gasteiger partial charge in [-0.25, -0.2) is 5.43 Å². The number of methoxy groups -OCH3 is 3. The van der Waals surface area contributed by atoms with Crippen LogP contribution in [0.25, 0.3) is 22.0 Å². The Kier molecular flexibility index (Phi) is 6.03. The Morgan fingerprint density at radius 1 is 0.938 bits per heavy atom. The van der Waals surface area contributed by atoms with Crippen LogP contribution in [0.5, 0.6) is 17.2 Å². The SMILES string of the molecule is COc1cc(OC)c(OC)cc1C=NNC(=O)c1cc(-c2cccc3ccccc23)n[nH]1. The molecule has 1 amide bonds. The number of fused-ring (bicyclic) bond motifs is 1. The van der Waals surface area contributed by atoms with Crippen molar-refractivity contribution in [1.29, 1.82) is 0 Å². The topological polar surface area (TPSA) is 97.8 Å². The van der Waals surface area contributed by atoms with Crippen LogP contribution in [0.3, 0.4) is 0 Å². The molecule has 0 aliphatic carbocycles. The second-order valence-corrected chi connectivity index (χ2v) is 6.84. The quantitative estimate of drug-likeness (QED) is 0.341. The molecule has 1 heterocycles. The molecule has 0 spiro atoms. The predicted octanol–water partition coefficient (Wildman–Crippen LogP) is 4.02. The molecule has 0 radical (unpaired) electrons. The lowest BCUT2D eigenvalue weighted by Crippen LogP contribution is -2.18. The van der Waals surface area contributed by atoms with Gasteiger partial charge in [0.25, 0.3) is 5.91 Å². The van der Waals surface area contributed by atoms with Crippen molar-refractivity contribution in [3.8, 4) is 28.5 Å². The molecule has 0 atom stereocenters. The van der Waals surface area contributed by atoms with Crippen molar-refractivity contribution in [3.63, 3.8) is 0 Å². The number of aromatic amines is 1. The molecule has 3 aromatic carbocycles. The monoisotopic (exact) mass is 430 g/mol. The Balaban J connectivity index is 1.52. The Labute approximate surface area is 184 Å². The Hall–Kier alpha value is -4.33. The fraction of sp³-hybridized carbons (Fsp3) is 0.125. The normalized spacial score (nSPS) is 11.0. The first-order chi connectivity index (χ1) is 15.6. The maximum Gasteiger partial charge on any atom is 0.289 e. The van der Waals surface area contributed by atoms with E-state index in [2.05, 4.69) is 20.7 Å². The smallest absolute Gasteiger partial charge is 0.289 e. The van der Waals surface area contributed by atoms with Gasteiger partial charge in [-0.2, -0.15) is 10.2 Å². The zero-order chi connectivity index (χ0) is 22.5. The molecule has 8 heteroatoms. The molecule has 0 saturated carbocycles. The number of hydrogen-bond acceptors (Lipinski definition) is 6. The summed E-state index contributed by atoms with van der Waals surface area (Å²) >= 11 is 0. The number of hydrogen-bond donors (Lipinski definition) is 2. The van der Waals surface area contributed by atoms with Gasteiger partial charge < -0.3 is 14.2 Å². The Bertz CT molecular complexity index is 1290. The summed E-state index contributed by atoms with van der Waals surface area (Å²) in [6, 6.07) is 19.1. The van der Waals surface area contributed by atoms with Crippen molar-refractivity contribution in [3.05, 3.63) is 71.9 Å². The third kappa shape index (κ3) is 4.11. The van der Waals surface area contributed by atoms with Gasteiger partial charge in [-0.05, 0) is 22.9 Å². The van der Waals surface area contributed by atoms with Gasteiger partial charge in [0.15, 0.2) is 11.5 Å². The molecule has 0 aliphatic rings. The lowest BCUT2D eigenvalue weighted by Gasteiger charge is -2.11. The number of nitrogens with one attached hydrogen (secondary N) is 2. The fourth-order valence-electron chi connectivity index (χ4n) is 3.40. The van der Waals surface area contributed by atoms with Crippen molar-refractivity contribution in [2.45, 2.75) is 0 Å². The second kappa shape index (κ2) is 9.22. The molecule has 4 rings (SSSR count). The van der Waals surface area contributed by atoms with Crippen LogP contribution in [0.15, 0.2) is 65.8 Å². The van der Waals surface area contributed by atoms with E-state index in [1.54, 1.807) is 32.4 Å². The number of aromatic nitrogens is 2. The molecule has 162 valence electrons. The largest absolute Gasteiger partial charge is 0.496 e. The molecule has 0 saturated heterocycles. The summed E-state index contributed by atoms with van der Waals surface area (Å²) in [5, 5.41) is 13.3. The van der Waals surface area contributed by atoms with E-state index in [-0.39, 0.29) is 0 Å². The first kappa shape index (κ1) is 20.9. The molecule has 8 nitrogen and oxygen atoms in total. The minimum atomic E-state index is -0.417. The van der Waals surface area contributed by atoms with E-state index in [1.165, 1.54) is 13.3 Å². The third-order valence-electron chi connectivity index (χ3n) is 4.99. The van der Waals surface area contributed by atoms with Crippen LogP contribution in [0.2, 0.25) is 0 Å². The first-order valence-corrected chi connectivity index (χ1v) is 9.81. The summed E-state index contributed by atoms with van der Waals surface area (Å²) in [5.74, 6) is 1.17. The maximum atomic E-state index is 12.5. The number of amides is 1. The van der Waals surface area contributed by atoms with Gasteiger partial charge in [-0.3, -0.25) is 9.89 Å². The summed E-state index contributed by atoms with van der Waals surface area (Å²) < 4.78 is 15.9. The number of carbonyl (C=O) groups excluding carboxylic acids is 1. The standard InChI is InChI=1S/C24H22N4O4/c1-30-21-13-23(32-3)22(31-2)11-16(21)14-25-28-24(29)20-12-19(26-27-20)18-10-6-8-15-7-4-5-9-17(15)18/h4-14H,1-3H3,(H,26,27)(H,28,29). The van der Waals surface area contributed by atoms with Gasteiger partial charge in [0.05, 0.1) is 33.2 Å². The van der Waals surface area contributed by atoms with Gasteiger partial charge in [0, 0.05) is 17.2 Å². The highest BCUT2D eigenvalue weighted by Crippen LogP contribution is 2.33. The van der Waals surface area contributed by atoms with Crippen molar-refractivity contribution >= 4 is 22.9 Å². The van der Waals surface area contributed by atoms with E-state index in [9.17, 15) is 4.79 Å². The lowest BCUT2D eigenvalue weighted by atomic mass is 10.0. The van der Waals surface area contributed by atoms with Gasteiger partial charge >= 0.3 is 0 Å². The van der Waals surface area contributed by atoms with E-state index in [1.807, 2.05) is 42.5 Å². The first-order valence-electron chi connectivity index (χ1n) is 9.81. The number of hydrazone groups is 1. The highest BCUT2D eigenvalue weighted by Gasteiger charge is 2.13. The van der Waals surface area contributed by atoms with Gasteiger partial charge in [0.1, 0.15) is 11.4 Å². The molecule has 1 aromatic heterocycles. The van der Waals surface area contributed by atoms with Crippen LogP contribution in [0, 0.1) is 0 Å². The predicted molar refractivity (Wildman–Crippen MR) is 123 cm³/mol. The Morgan fingerprint density at radius 2 is 1.66 bits per heavy atom. The zero-order valence-electron chi connectivity index (χ0n) is 17.9. The highest BCUT2D eigenvalue weighted by molar-refractivity contribution is 5.98. The molecule has 32 heavy (non-hydrogen) atoms. The molecule has 0 fully saturated rings. The minimum absolute atomic E-state index is 0.296. The van der Waals surface area contributed by atoms with Crippen LogP contribution in [-0.2, 0) is 0 Å². The zero-order valence-corrected chi connectivity index (χ0v) is 17.9. The maximum absolute atomic E-state index is 12.5. The van der Waals surface area contributed by atoms with Crippen molar-refractivity contribution in [2.75, 3.05) is 21.3 Å². The fourth-order valence-corrected chi connectivity index (χ4v) is 3.40. The van der Waals surface area contributed by atoms with Crippen LogP contribution >= 0.6 is 0 Å². The van der Waals surface area contributed by atoms with E-state index < -0.39 is 5.91 Å². The Morgan fingerprint density at radius 3 is 2.44 bits per heavy atom. The van der Waals surface area contributed by atoms with Crippen molar-refractivity contribution < 1.29 is 19.0 Å². The number of H-pyrrole nitrogens is 1. The summed E-state index contributed by atoms with van der Waals surface area (Å²) in [5.41, 5.74) is 5.03. The number of nitrogens with zero attached hydrogens (tertiary/aromatic N) is 2. The number of carbonyl (C=O) groups is 1. The molecule has 0 bridgehead atoms. The molecule has 4 aromatic rings. The van der Waals surface area contributed by atoms with Crippen LogP contribution in [-0.4, -0.2) is 43.6 Å². The molecule has 2 N–H and O–H groups in total. The molecular weight excluding hydrogens is 408 g/mol. The van der Waals surface area contributed by atoms with Gasteiger partial charge in [-0.15, -0.1) is 0 Å². The van der Waals surface area contributed by atoms with E-state index in [4.69, 9.17) is 14.2 Å². The van der Waals surface area contributed by atoms with Crippen molar-refractivity contribution in [2.24, 2.45) is 5.10 Å². The number of benzene rings is 3. The van der Waals surface area contributed by atoms with Crippen LogP contribution < -0.4 is 19.6 Å². The average molecular weight is 430 g/mol. The molecular formula is C24H22N4O4. The van der Waals surface area contributed by atoms with E-state index >= 15 is 0 Å². The summed E-state index contributed by atoms with van der Waals surface area (Å²) in [6.45, 7) is 0. The van der Waals surface area contributed by atoms with Crippen LogP contribution in [0.1, 0.15) is 16.1 Å². The molecule has 0 unspecified atom stereocenters. The summed E-state index contributed by atoms with van der Waals surface area (Å²) in [4.78, 5) is 12.5.